The smallest absolute Gasteiger partial charge is 0.317 e. The van der Waals surface area contributed by atoms with Crippen molar-refractivity contribution in [3.05, 3.63) is 18.0 Å². The van der Waals surface area contributed by atoms with Crippen LogP contribution in [0.5, 0.6) is 0 Å². The van der Waals surface area contributed by atoms with Crippen LogP contribution in [0.3, 0.4) is 0 Å². The number of hydrogen-bond acceptors (Lipinski definition) is 3. The third kappa shape index (κ3) is 3.97. The minimum absolute atomic E-state index is 0.0171. The molecule has 1 aromatic rings. The molecular weight excluding hydrogens is 266 g/mol. The van der Waals surface area contributed by atoms with Crippen LogP contribution in [0.25, 0.3) is 0 Å². The number of hydrogen-bond donors (Lipinski definition) is 2. The van der Waals surface area contributed by atoms with Crippen molar-refractivity contribution in [1.82, 2.24) is 25.3 Å². The van der Waals surface area contributed by atoms with E-state index >= 15 is 0 Å². The Hall–Kier alpha value is -1.56. The molecule has 0 aromatic carbocycles. The third-order valence-electron chi connectivity index (χ3n) is 3.64. The number of carbonyl (C=O) groups is 1. The van der Waals surface area contributed by atoms with Crippen molar-refractivity contribution in [1.29, 1.82) is 0 Å². The lowest BCUT2D eigenvalue weighted by Crippen LogP contribution is -2.55. The first-order chi connectivity index (χ1) is 9.86. The van der Waals surface area contributed by atoms with Crippen LogP contribution in [-0.2, 0) is 0 Å². The van der Waals surface area contributed by atoms with E-state index in [0.29, 0.717) is 18.1 Å². The molecule has 0 aliphatic carbocycles. The molecular formula is C15H27N5O. The molecule has 2 heterocycles. The van der Waals surface area contributed by atoms with Crippen LogP contribution in [0.2, 0.25) is 0 Å². The molecule has 2 N–H and O–H groups in total. The summed E-state index contributed by atoms with van der Waals surface area (Å²) in [6.45, 7) is 11.8. The summed E-state index contributed by atoms with van der Waals surface area (Å²) in [7, 11) is 0. The van der Waals surface area contributed by atoms with Gasteiger partial charge in [0.05, 0.1) is 12.2 Å². The van der Waals surface area contributed by atoms with E-state index < -0.39 is 0 Å². The second-order valence-electron chi connectivity index (χ2n) is 6.46. The molecule has 21 heavy (non-hydrogen) atoms. The quantitative estimate of drug-likeness (QED) is 0.872. The van der Waals surface area contributed by atoms with Gasteiger partial charge >= 0.3 is 6.03 Å². The highest BCUT2D eigenvalue weighted by Crippen LogP contribution is 2.22. The van der Waals surface area contributed by atoms with E-state index in [2.05, 4.69) is 42.7 Å². The average Bonchev–Trinajstić information content (AvgIpc) is 2.74. The Morgan fingerprint density at radius 3 is 2.48 bits per heavy atom. The van der Waals surface area contributed by atoms with Crippen molar-refractivity contribution in [2.75, 3.05) is 13.1 Å². The molecule has 1 aliphatic heterocycles. The zero-order valence-corrected chi connectivity index (χ0v) is 13.6. The monoisotopic (exact) mass is 293 g/mol. The highest BCUT2D eigenvalue weighted by Gasteiger charge is 2.32. The van der Waals surface area contributed by atoms with Crippen molar-refractivity contribution < 1.29 is 4.79 Å². The molecule has 2 rings (SSSR count). The second kappa shape index (κ2) is 6.47. The molecule has 0 saturated carbocycles. The number of aromatic nitrogens is 2. The summed E-state index contributed by atoms with van der Waals surface area (Å²) in [5, 5.41) is 10.8. The minimum atomic E-state index is 0.0171. The first kappa shape index (κ1) is 15.8. The highest BCUT2D eigenvalue weighted by molar-refractivity contribution is 5.75. The Labute approximate surface area is 126 Å². The summed E-state index contributed by atoms with van der Waals surface area (Å²) >= 11 is 0. The number of amides is 2. The van der Waals surface area contributed by atoms with E-state index in [1.807, 2.05) is 29.6 Å². The van der Waals surface area contributed by atoms with Crippen LogP contribution in [0.4, 0.5) is 4.79 Å². The summed E-state index contributed by atoms with van der Waals surface area (Å²) in [6.07, 6.45) is 4.00. The third-order valence-corrected chi connectivity index (χ3v) is 3.64. The lowest BCUT2D eigenvalue weighted by molar-refractivity contribution is 0.117. The molecule has 1 saturated heterocycles. The first-order valence-electron chi connectivity index (χ1n) is 7.72. The number of carbonyl (C=O) groups excluding carboxylic acids is 1. The zero-order valence-electron chi connectivity index (χ0n) is 13.6. The van der Waals surface area contributed by atoms with Crippen LogP contribution >= 0.6 is 0 Å². The van der Waals surface area contributed by atoms with Gasteiger partial charge in [-0.1, -0.05) is 13.8 Å². The molecule has 1 aromatic heterocycles. The predicted molar refractivity (Wildman–Crippen MR) is 83.2 cm³/mol. The van der Waals surface area contributed by atoms with Crippen molar-refractivity contribution >= 4 is 6.03 Å². The van der Waals surface area contributed by atoms with Crippen molar-refractivity contribution in [2.45, 2.75) is 58.8 Å². The van der Waals surface area contributed by atoms with E-state index in [-0.39, 0.29) is 12.1 Å². The Morgan fingerprint density at radius 1 is 1.24 bits per heavy atom. The molecule has 0 radical (unpaired) electrons. The normalized spacial score (nSPS) is 17.2. The maximum absolute atomic E-state index is 11.8. The van der Waals surface area contributed by atoms with Gasteiger partial charge in [-0.05, 0) is 20.8 Å². The SMILES string of the molecule is CC(C)NC(=O)N1CC(n2cc(C(C)NC(C)C)cn2)C1. The van der Waals surface area contributed by atoms with Gasteiger partial charge in [0, 0.05) is 43.0 Å². The average molecular weight is 293 g/mol. The maximum Gasteiger partial charge on any atom is 0.317 e. The Bertz CT molecular complexity index is 476. The fraction of sp³-hybridized carbons (Fsp3) is 0.733. The Balaban J connectivity index is 1.86. The van der Waals surface area contributed by atoms with Crippen molar-refractivity contribution in [2.24, 2.45) is 0 Å². The van der Waals surface area contributed by atoms with Crippen LogP contribution in [-0.4, -0.2) is 45.9 Å². The van der Waals surface area contributed by atoms with Gasteiger partial charge in [0.15, 0.2) is 0 Å². The molecule has 6 nitrogen and oxygen atoms in total. The molecule has 1 aliphatic rings. The van der Waals surface area contributed by atoms with E-state index in [1.165, 1.54) is 5.56 Å². The van der Waals surface area contributed by atoms with Gasteiger partial charge in [0.1, 0.15) is 0 Å². The Morgan fingerprint density at radius 2 is 1.90 bits per heavy atom. The highest BCUT2D eigenvalue weighted by atomic mass is 16.2. The minimum Gasteiger partial charge on any atom is -0.336 e. The summed E-state index contributed by atoms with van der Waals surface area (Å²) in [5.41, 5.74) is 1.19. The number of urea groups is 1. The van der Waals surface area contributed by atoms with Crippen molar-refractivity contribution in [3.63, 3.8) is 0 Å². The standard InChI is InChI=1S/C15H27N5O/c1-10(2)17-12(5)13-6-16-20(7-13)14-8-19(9-14)15(21)18-11(3)4/h6-7,10-12,14,17H,8-9H2,1-5H3,(H,18,21). The summed E-state index contributed by atoms with van der Waals surface area (Å²) in [5.74, 6) is 0. The van der Waals surface area contributed by atoms with Gasteiger partial charge < -0.3 is 15.5 Å². The Kier molecular flexibility index (Phi) is 4.88. The van der Waals surface area contributed by atoms with Crippen LogP contribution < -0.4 is 10.6 Å². The predicted octanol–water partition coefficient (Wildman–Crippen LogP) is 1.92. The number of likely N-dealkylation sites (tertiary alicyclic amines) is 1. The fourth-order valence-corrected chi connectivity index (χ4v) is 2.50. The van der Waals surface area contributed by atoms with Crippen LogP contribution in [0.1, 0.15) is 52.3 Å². The number of nitrogens with zero attached hydrogens (tertiary/aromatic N) is 3. The molecule has 1 unspecified atom stereocenters. The number of nitrogens with one attached hydrogen (secondary N) is 2. The van der Waals surface area contributed by atoms with Gasteiger partial charge in [-0.25, -0.2) is 4.79 Å². The molecule has 118 valence electrons. The molecule has 2 amide bonds. The van der Waals surface area contributed by atoms with Gasteiger partial charge in [-0.15, -0.1) is 0 Å². The molecule has 6 heteroatoms. The topological polar surface area (TPSA) is 62.2 Å². The van der Waals surface area contributed by atoms with E-state index in [4.69, 9.17) is 0 Å². The zero-order chi connectivity index (χ0) is 15.6. The van der Waals surface area contributed by atoms with Crippen LogP contribution in [0.15, 0.2) is 12.4 Å². The van der Waals surface area contributed by atoms with Gasteiger partial charge in [-0.3, -0.25) is 4.68 Å². The molecule has 1 fully saturated rings. The molecule has 0 spiro atoms. The van der Waals surface area contributed by atoms with Crippen LogP contribution in [0, 0.1) is 0 Å². The van der Waals surface area contributed by atoms with Gasteiger partial charge in [-0.2, -0.15) is 5.10 Å². The second-order valence-corrected chi connectivity index (χ2v) is 6.46. The number of rotatable bonds is 5. The lowest BCUT2D eigenvalue weighted by atomic mass is 10.1. The van der Waals surface area contributed by atoms with Gasteiger partial charge in [0.2, 0.25) is 0 Å². The van der Waals surface area contributed by atoms with E-state index in [1.54, 1.807) is 0 Å². The van der Waals surface area contributed by atoms with E-state index in [9.17, 15) is 4.79 Å². The largest absolute Gasteiger partial charge is 0.336 e. The van der Waals surface area contributed by atoms with Gasteiger partial charge in [0.25, 0.3) is 0 Å². The van der Waals surface area contributed by atoms with E-state index in [0.717, 1.165) is 13.1 Å². The fourth-order valence-electron chi connectivity index (χ4n) is 2.50. The summed E-state index contributed by atoms with van der Waals surface area (Å²) in [4.78, 5) is 13.6. The lowest BCUT2D eigenvalue weighted by Gasteiger charge is -2.39. The molecule has 0 bridgehead atoms. The van der Waals surface area contributed by atoms with Crippen molar-refractivity contribution in [3.8, 4) is 0 Å². The molecule has 1 atom stereocenters. The summed E-state index contributed by atoms with van der Waals surface area (Å²) < 4.78 is 1.98. The maximum atomic E-state index is 11.8. The summed E-state index contributed by atoms with van der Waals surface area (Å²) in [6, 6.07) is 1.23. The first-order valence-corrected chi connectivity index (χ1v) is 7.72.